The van der Waals surface area contributed by atoms with Gasteiger partial charge in [-0.1, -0.05) is 12.1 Å². The Morgan fingerprint density at radius 1 is 1.03 bits per heavy atom. The fraction of sp³-hybridized carbons (Fsp3) is 0.0909. The Kier molecular flexibility index (Phi) is 4.13. The maximum Gasteiger partial charge on any atom is 0.269 e. The first-order valence-electron chi connectivity index (χ1n) is 9.21. The summed E-state index contributed by atoms with van der Waals surface area (Å²) in [5.41, 5.74) is 2.09. The van der Waals surface area contributed by atoms with Gasteiger partial charge >= 0.3 is 0 Å². The second-order valence-corrected chi connectivity index (χ2v) is 7.01. The first-order valence-corrected chi connectivity index (χ1v) is 9.21. The molecule has 8 heteroatoms. The second kappa shape index (κ2) is 6.84. The van der Waals surface area contributed by atoms with Crippen LogP contribution in [-0.2, 0) is 13.6 Å². The molecule has 0 aliphatic heterocycles. The van der Waals surface area contributed by atoms with Crippen LogP contribution < -0.4 is 5.56 Å². The standard InChI is InChI=1S/C22H15F2N5O/c1-28-11-15-14(3-2-4-19(15)27-28)13-7-17(23)16(18(24)8-13)12-29-21-9-25-6-5-20(21)26-10-22(29)30/h2-11H,12H2,1H3. The third-order valence-corrected chi connectivity index (χ3v) is 5.08. The first-order chi connectivity index (χ1) is 14.5. The van der Waals surface area contributed by atoms with Crippen molar-refractivity contribution in [3.8, 4) is 11.1 Å². The van der Waals surface area contributed by atoms with E-state index in [2.05, 4.69) is 15.1 Å². The van der Waals surface area contributed by atoms with E-state index >= 15 is 8.78 Å². The topological polar surface area (TPSA) is 65.6 Å². The fourth-order valence-electron chi connectivity index (χ4n) is 3.65. The van der Waals surface area contributed by atoms with Gasteiger partial charge in [0, 0.05) is 30.4 Å². The van der Waals surface area contributed by atoms with Crippen molar-refractivity contribution >= 4 is 21.9 Å². The molecule has 0 spiro atoms. The molecule has 0 bridgehead atoms. The van der Waals surface area contributed by atoms with E-state index < -0.39 is 17.2 Å². The third kappa shape index (κ3) is 2.93. The second-order valence-electron chi connectivity index (χ2n) is 7.01. The van der Waals surface area contributed by atoms with Crippen LogP contribution in [0.4, 0.5) is 8.78 Å². The lowest BCUT2D eigenvalue weighted by Gasteiger charge is -2.12. The largest absolute Gasteiger partial charge is 0.299 e. The number of pyridine rings is 1. The monoisotopic (exact) mass is 403 g/mol. The third-order valence-electron chi connectivity index (χ3n) is 5.08. The molecule has 30 heavy (non-hydrogen) atoms. The highest BCUT2D eigenvalue weighted by atomic mass is 19.1. The van der Waals surface area contributed by atoms with E-state index in [1.807, 2.05) is 12.3 Å². The van der Waals surface area contributed by atoms with E-state index in [0.29, 0.717) is 22.2 Å². The Labute approximate surface area is 169 Å². The summed E-state index contributed by atoms with van der Waals surface area (Å²) in [5, 5.41) is 5.14. The van der Waals surface area contributed by atoms with E-state index in [1.165, 1.54) is 22.9 Å². The molecule has 6 nitrogen and oxygen atoms in total. The number of fused-ring (bicyclic) bond motifs is 2. The molecule has 5 aromatic rings. The van der Waals surface area contributed by atoms with Crippen LogP contribution in [0.25, 0.3) is 33.1 Å². The minimum absolute atomic E-state index is 0.199. The summed E-state index contributed by atoms with van der Waals surface area (Å²) in [4.78, 5) is 20.4. The zero-order chi connectivity index (χ0) is 20.8. The predicted molar refractivity (Wildman–Crippen MR) is 109 cm³/mol. The summed E-state index contributed by atoms with van der Waals surface area (Å²) in [6.07, 6.45) is 5.94. The van der Waals surface area contributed by atoms with E-state index in [9.17, 15) is 4.79 Å². The maximum absolute atomic E-state index is 15.0. The van der Waals surface area contributed by atoms with Crippen LogP contribution in [0.2, 0.25) is 0 Å². The van der Waals surface area contributed by atoms with Crippen molar-refractivity contribution in [1.82, 2.24) is 24.3 Å². The van der Waals surface area contributed by atoms with Crippen molar-refractivity contribution in [1.29, 1.82) is 0 Å². The number of nitrogens with zero attached hydrogens (tertiary/aromatic N) is 5. The number of hydrogen-bond acceptors (Lipinski definition) is 4. The Hall–Kier alpha value is -3.94. The number of aryl methyl sites for hydroxylation is 1. The predicted octanol–water partition coefficient (Wildman–Crippen LogP) is 3.67. The van der Waals surface area contributed by atoms with Crippen molar-refractivity contribution in [2.75, 3.05) is 0 Å². The molecule has 0 aliphatic rings. The smallest absolute Gasteiger partial charge is 0.269 e. The average Bonchev–Trinajstić information content (AvgIpc) is 3.12. The van der Waals surface area contributed by atoms with Crippen molar-refractivity contribution < 1.29 is 8.78 Å². The first kappa shape index (κ1) is 18.1. The molecule has 0 unspecified atom stereocenters. The average molecular weight is 403 g/mol. The molecule has 0 radical (unpaired) electrons. The minimum atomic E-state index is -0.730. The molecule has 0 saturated heterocycles. The highest BCUT2D eigenvalue weighted by Crippen LogP contribution is 2.30. The lowest BCUT2D eigenvalue weighted by atomic mass is 10.00. The van der Waals surface area contributed by atoms with Crippen LogP contribution >= 0.6 is 0 Å². The van der Waals surface area contributed by atoms with Gasteiger partial charge in [0.2, 0.25) is 0 Å². The molecule has 3 aromatic heterocycles. The van der Waals surface area contributed by atoms with Gasteiger partial charge in [-0.2, -0.15) is 5.10 Å². The Bertz CT molecular complexity index is 1470. The van der Waals surface area contributed by atoms with E-state index in [4.69, 9.17) is 0 Å². The normalized spacial score (nSPS) is 11.4. The van der Waals surface area contributed by atoms with Gasteiger partial charge in [0.05, 0.1) is 35.5 Å². The molecule has 148 valence electrons. The number of aromatic nitrogens is 5. The molecule has 0 aliphatic carbocycles. The van der Waals surface area contributed by atoms with Gasteiger partial charge in [-0.15, -0.1) is 0 Å². The highest BCUT2D eigenvalue weighted by Gasteiger charge is 2.16. The number of rotatable bonds is 3. The minimum Gasteiger partial charge on any atom is -0.299 e. The zero-order valence-electron chi connectivity index (χ0n) is 15.9. The lowest BCUT2D eigenvalue weighted by molar-refractivity contribution is 0.545. The van der Waals surface area contributed by atoms with Gasteiger partial charge in [0.15, 0.2) is 0 Å². The van der Waals surface area contributed by atoms with Gasteiger partial charge in [0.1, 0.15) is 11.6 Å². The summed E-state index contributed by atoms with van der Waals surface area (Å²) in [6.45, 7) is -0.265. The molecule has 2 aromatic carbocycles. The van der Waals surface area contributed by atoms with Crippen molar-refractivity contribution in [2.24, 2.45) is 7.05 Å². The zero-order valence-corrected chi connectivity index (χ0v) is 15.9. The van der Waals surface area contributed by atoms with Crippen LogP contribution in [0, 0.1) is 11.6 Å². The Morgan fingerprint density at radius 2 is 1.83 bits per heavy atom. The molecule has 5 rings (SSSR count). The lowest BCUT2D eigenvalue weighted by Crippen LogP contribution is -2.22. The van der Waals surface area contributed by atoms with Crippen molar-refractivity contribution in [2.45, 2.75) is 6.54 Å². The Balaban J connectivity index is 1.63. The summed E-state index contributed by atoms with van der Waals surface area (Å²) in [7, 11) is 1.79. The molecule has 0 N–H and O–H groups in total. The van der Waals surface area contributed by atoms with Gasteiger partial charge < -0.3 is 0 Å². The molecule has 0 atom stereocenters. The van der Waals surface area contributed by atoms with Gasteiger partial charge in [-0.05, 0) is 35.4 Å². The summed E-state index contributed by atoms with van der Waals surface area (Å²) in [6, 6.07) is 9.64. The van der Waals surface area contributed by atoms with Crippen LogP contribution in [0.5, 0.6) is 0 Å². The van der Waals surface area contributed by atoms with Gasteiger partial charge in [-0.25, -0.2) is 13.8 Å². The molecule has 0 fully saturated rings. The SMILES string of the molecule is Cn1cc2c(-c3cc(F)c(Cn4c(=O)cnc5ccncc54)c(F)c3)cccc2n1. The quantitative estimate of drug-likeness (QED) is 0.461. The van der Waals surface area contributed by atoms with E-state index in [1.54, 1.807) is 36.1 Å². The van der Waals surface area contributed by atoms with Crippen molar-refractivity contribution in [3.63, 3.8) is 0 Å². The van der Waals surface area contributed by atoms with Crippen LogP contribution in [0.15, 0.2) is 66.0 Å². The molecule has 3 heterocycles. The summed E-state index contributed by atoms with van der Waals surface area (Å²) in [5.74, 6) is -1.46. The highest BCUT2D eigenvalue weighted by molar-refractivity contribution is 5.94. The molecular formula is C22H15F2N5O. The van der Waals surface area contributed by atoms with Crippen LogP contribution in [0.1, 0.15) is 5.56 Å². The number of benzene rings is 2. The van der Waals surface area contributed by atoms with Crippen LogP contribution in [0.3, 0.4) is 0 Å². The fourth-order valence-corrected chi connectivity index (χ4v) is 3.65. The molecule has 0 amide bonds. The van der Waals surface area contributed by atoms with Crippen LogP contribution in [-0.4, -0.2) is 24.3 Å². The van der Waals surface area contributed by atoms with E-state index in [0.717, 1.165) is 17.1 Å². The Morgan fingerprint density at radius 3 is 2.63 bits per heavy atom. The molecule has 0 saturated carbocycles. The molecular weight excluding hydrogens is 388 g/mol. The number of hydrogen-bond donors (Lipinski definition) is 0. The van der Waals surface area contributed by atoms with Crippen molar-refractivity contribution in [3.05, 3.63) is 88.7 Å². The number of halogens is 2. The maximum atomic E-state index is 15.0. The van der Waals surface area contributed by atoms with Gasteiger partial charge in [-0.3, -0.25) is 19.0 Å². The van der Waals surface area contributed by atoms with E-state index in [-0.39, 0.29) is 12.1 Å². The summed E-state index contributed by atoms with van der Waals surface area (Å²) >= 11 is 0. The van der Waals surface area contributed by atoms with Gasteiger partial charge in [0.25, 0.3) is 5.56 Å². The summed E-state index contributed by atoms with van der Waals surface area (Å²) < 4.78 is 32.9.